The molecule has 1 heterocycles. The molecule has 0 saturated heterocycles. The second-order valence-electron chi connectivity index (χ2n) is 3.83. The van der Waals surface area contributed by atoms with Gasteiger partial charge in [-0.25, -0.2) is 4.79 Å². The molecule has 7 heteroatoms. The Morgan fingerprint density at radius 3 is 2.39 bits per heavy atom. The maximum absolute atomic E-state index is 11.9. The summed E-state index contributed by atoms with van der Waals surface area (Å²) in [6, 6.07) is 2.46. The SMILES string of the molecule is CN(C)c1cc[n+](C(=O)[C@H](CCl)NC(=O)[O-])cc1. The molecule has 1 atom stereocenters. The van der Waals surface area contributed by atoms with E-state index in [1.54, 1.807) is 24.5 Å². The van der Waals surface area contributed by atoms with Crippen molar-refractivity contribution < 1.29 is 19.3 Å². The van der Waals surface area contributed by atoms with E-state index in [4.69, 9.17) is 11.6 Å². The van der Waals surface area contributed by atoms with Crippen molar-refractivity contribution in [3.63, 3.8) is 0 Å². The molecule has 1 rings (SSSR count). The van der Waals surface area contributed by atoms with E-state index in [1.807, 2.05) is 24.3 Å². The zero-order valence-electron chi connectivity index (χ0n) is 10.1. The van der Waals surface area contributed by atoms with E-state index < -0.39 is 18.0 Å². The first-order valence-electron chi connectivity index (χ1n) is 5.22. The summed E-state index contributed by atoms with van der Waals surface area (Å²) in [5.74, 6) is -0.616. The minimum absolute atomic E-state index is 0.157. The molecule has 0 aliphatic carbocycles. The highest BCUT2D eigenvalue weighted by Gasteiger charge is 2.26. The van der Waals surface area contributed by atoms with Gasteiger partial charge >= 0.3 is 5.91 Å². The lowest BCUT2D eigenvalue weighted by Gasteiger charge is -2.13. The quantitative estimate of drug-likeness (QED) is 0.576. The molecule has 0 bridgehead atoms. The van der Waals surface area contributed by atoms with Crippen LogP contribution in [0.3, 0.4) is 0 Å². The zero-order valence-corrected chi connectivity index (χ0v) is 10.8. The fraction of sp³-hybridized carbons (Fsp3) is 0.364. The smallest absolute Gasteiger partial charge is 0.415 e. The Hall–Kier alpha value is -1.82. The third-order valence-corrected chi connectivity index (χ3v) is 2.64. The van der Waals surface area contributed by atoms with Gasteiger partial charge in [0.25, 0.3) is 0 Å². The summed E-state index contributed by atoms with van der Waals surface area (Å²) in [7, 11) is 3.75. The lowest BCUT2D eigenvalue weighted by molar-refractivity contribution is -0.575. The van der Waals surface area contributed by atoms with Gasteiger partial charge in [0.1, 0.15) is 6.09 Å². The summed E-state index contributed by atoms with van der Waals surface area (Å²) in [5, 5.41) is 12.4. The number of carboxylic acid groups (broad SMARTS) is 1. The molecule has 1 aromatic heterocycles. The van der Waals surface area contributed by atoms with Crippen molar-refractivity contribution in [1.82, 2.24) is 5.32 Å². The predicted molar refractivity (Wildman–Crippen MR) is 64.6 cm³/mol. The molecule has 0 fully saturated rings. The van der Waals surface area contributed by atoms with E-state index in [1.165, 1.54) is 4.57 Å². The highest BCUT2D eigenvalue weighted by Crippen LogP contribution is 2.06. The Bertz CT molecular complexity index is 434. The molecular weight excluding hydrogens is 258 g/mol. The first-order chi connectivity index (χ1) is 8.45. The minimum Gasteiger partial charge on any atom is -0.530 e. The molecule has 0 radical (unpaired) electrons. The van der Waals surface area contributed by atoms with E-state index in [0.717, 1.165) is 5.69 Å². The number of hydrogen-bond acceptors (Lipinski definition) is 4. The molecule has 0 aliphatic heterocycles. The maximum Gasteiger partial charge on any atom is 0.415 e. The number of nitrogens with zero attached hydrogens (tertiary/aromatic N) is 2. The van der Waals surface area contributed by atoms with Gasteiger partial charge in [-0.05, 0) is 0 Å². The molecule has 0 aliphatic rings. The molecular formula is C11H14ClN3O3. The standard InChI is InChI=1S/C11H14ClN3O3/c1-14(2)8-3-5-15(6-4-8)10(16)9(7-12)13-11(17)18/h3-6,9,13H,7H2,1-2H3/t9-/m0/s1. The normalized spacial score (nSPS) is 11.7. The summed E-state index contributed by atoms with van der Waals surface area (Å²) in [4.78, 5) is 24.2. The number of nitrogens with one attached hydrogen (secondary N) is 1. The first kappa shape index (κ1) is 14.2. The fourth-order valence-electron chi connectivity index (χ4n) is 1.35. The van der Waals surface area contributed by atoms with Crippen LogP contribution in [-0.2, 0) is 0 Å². The van der Waals surface area contributed by atoms with Crippen LogP contribution in [0.15, 0.2) is 24.5 Å². The molecule has 1 aromatic rings. The summed E-state index contributed by atoms with van der Waals surface area (Å²) in [6.07, 6.45) is 1.57. The molecule has 1 N–H and O–H groups in total. The van der Waals surface area contributed by atoms with Crippen LogP contribution in [-0.4, -0.2) is 38.0 Å². The number of aromatic nitrogens is 1. The summed E-state index contributed by atoms with van der Waals surface area (Å²) >= 11 is 5.54. The van der Waals surface area contributed by atoms with E-state index in [2.05, 4.69) is 0 Å². The average molecular weight is 272 g/mol. The van der Waals surface area contributed by atoms with Gasteiger partial charge in [-0.3, -0.25) is 0 Å². The molecule has 6 nitrogen and oxygen atoms in total. The van der Waals surface area contributed by atoms with Crippen LogP contribution in [0.5, 0.6) is 0 Å². The number of pyridine rings is 1. The number of alkyl halides is 1. The van der Waals surface area contributed by atoms with Gasteiger partial charge in [0.15, 0.2) is 18.4 Å². The van der Waals surface area contributed by atoms with Gasteiger partial charge in [0.05, 0.1) is 5.88 Å². The minimum atomic E-state index is -1.53. The largest absolute Gasteiger partial charge is 0.530 e. The highest BCUT2D eigenvalue weighted by atomic mass is 35.5. The van der Waals surface area contributed by atoms with Gasteiger partial charge < -0.3 is 20.1 Å². The Balaban J connectivity index is 2.85. The number of anilines is 1. The lowest BCUT2D eigenvalue weighted by atomic mass is 10.3. The monoisotopic (exact) mass is 271 g/mol. The topological polar surface area (TPSA) is 76.3 Å². The maximum atomic E-state index is 11.9. The lowest BCUT2D eigenvalue weighted by Crippen LogP contribution is -2.57. The van der Waals surface area contributed by atoms with Crippen LogP contribution in [0.25, 0.3) is 0 Å². The second-order valence-corrected chi connectivity index (χ2v) is 4.14. The van der Waals surface area contributed by atoms with Gasteiger partial charge in [0, 0.05) is 31.9 Å². The second kappa shape index (κ2) is 6.20. The van der Waals surface area contributed by atoms with Crippen LogP contribution in [0.4, 0.5) is 10.5 Å². The van der Waals surface area contributed by atoms with Crippen LogP contribution in [0.1, 0.15) is 4.79 Å². The van der Waals surface area contributed by atoms with Gasteiger partial charge in [-0.15, -0.1) is 16.2 Å². The Morgan fingerprint density at radius 2 is 2.00 bits per heavy atom. The summed E-state index contributed by atoms with van der Waals surface area (Å²) in [6.45, 7) is 0. The van der Waals surface area contributed by atoms with Crippen molar-refractivity contribution in [3.8, 4) is 0 Å². The van der Waals surface area contributed by atoms with Crippen LogP contribution in [0, 0.1) is 0 Å². The van der Waals surface area contributed by atoms with E-state index >= 15 is 0 Å². The van der Waals surface area contributed by atoms with Crippen molar-refractivity contribution in [2.45, 2.75) is 6.04 Å². The van der Waals surface area contributed by atoms with Crippen molar-refractivity contribution >= 4 is 29.3 Å². The third-order valence-electron chi connectivity index (χ3n) is 2.33. The molecule has 0 spiro atoms. The number of halogens is 1. The average Bonchev–Trinajstić information content (AvgIpc) is 2.35. The van der Waals surface area contributed by atoms with Gasteiger partial charge in [-0.2, -0.15) is 0 Å². The highest BCUT2D eigenvalue weighted by molar-refractivity contribution is 6.19. The van der Waals surface area contributed by atoms with Crippen molar-refractivity contribution in [2.24, 2.45) is 0 Å². The Labute approximate surface area is 110 Å². The Morgan fingerprint density at radius 1 is 1.44 bits per heavy atom. The first-order valence-corrected chi connectivity index (χ1v) is 5.75. The number of rotatable bonds is 4. The molecule has 0 aromatic carbocycles. The summed E-state index contributed by atoms with van der Waals surface area (Å²) in [5.41, 5.74) is 0.925. The third kappa shape index (κ3) is 3.59. The molecule has 0 saturated carbocycles. The van der Waals surface area contributed by atoms with Crippen molar-refractivity contribution in [1.29, 1.82) is 0 Å². The van der Waals surface area contributed by atoms with E-state index in [-0.39, 0.29) is 5.88 Å². The molecule has 0 unspecified atom stereocenters. The van der Waals surface area contributed by atoms with Crippen molar-refractivity contribution in [3.05, 3.63) is 24.5 Å². The van der Waals surface area contributed by atoms with E-state index in [9.17, 15) is 14.7 Å². The van der Waals surface area contributed by atoms with E-state index in [0.29, 0.717) is 0 Å². The number of amides is 1. The molecule has 18 heavy (non-hydrogen) atoms. The number of carbonyl (C=O) groups excluding carboxylic acids is 2. The predicted octanol–water partition coefficient (Wildman–Crippen LogP) is -0.779. The summed E-state index contributed by atoms with van der Waals surface area (Å²) < 4.78 is 1.27. The van der Waals surface area contributed by atoms with Crippen molar-refractivity contribution in [2.75, 3.05) is 24.9 Å². The number of carbonyl (C=O) groups is 2. The Kier molecular flexibility index (Phi) is 4.91. The van der Waals surface area contributed by atoms with Crippen LogP contribution in [0.2, 0.25) is 0 Å². The fourth-order valence-corrected chi connectivity index (χ4v) is 1.56. The van der Waals surface area contributed by atoms with Gasteiger partial charge in [0.2, 0.25) is 0 Å². The zero-order chi connectivity index (χ0) is 13.7. The number of hydrogen-bond donors (Lipinski definition) is 1. The van der Waals surface area contributed by atoms with Crippen LogP contribution >= 0.6 is 11.6 Å². The van der Waals surface area contributed by atoms with Crippen LogP contribution < -0.4 is 19.9 Å². The molecule has 98 valence electrons. The molecule has 1 amide bonds. The van der Waals surface area contributed by atoms with Gasteiger partial charge in [-0.1, -0.05) is 0 Å².